The van der Waals surface area contributed by atoms with Crippen molar-refractivity contribution < 1.29 is 5.11 Å². The first-order valence-electron chi connectivity index (χ1n) is 6.28. The Hall–Kier alpha value is -1.06. The Kier molecular flexibility index (Phi) is 3.69. The molecule has 0 spiro atoms. The van der Waals surface area contributed by atoms with Gasteiger partial charge in [0.15, 0.2) is 0 Å². The third-order valence-corrected chi connectivity index (χ3v) is 3.62. The highest BCUT2D eigenvalue weighted by atomic mass is 16.3. The number of rotatable bonds is 3. The number of aliphatic hydroxyl groups excluding tert-OH is 1. The van der Waals surface area contributed by atoms with Gasteiger partial charge in [0.1, 0.15) is 0 Å². The molecule has 2 rings (SSSR count). The van der Waals surface area contributed by atoms with E-state index in [1.54, 1.807) is 0 Å². The van der Waals surface area contributed by atoms with E-state index in [0.717, 1.165) is 18.7 Å². The molecule has 0 saturated carbocycles. The second-order valence-electron chi connectivity index (χ2n) is 5.09. The number of hydrogen-bond donors (Lipinski definition) is 1. The van der Waals surface area contributed by atoms with Crippen molar-refractivity contribution in [2.45, 2.75) is 25.5 Å². The minimum atomic E-state index is -0.399. The minimum Gasteiger partial charge on any atom is -0.389 e. The third-order valence-electron chi connectivity index (χ3n) is 3.62. The smallest absolute Gasteiger partial charge is 0.0781 e. The summed E-state index contributed by atoms with van der Waals surface area (Å²) in [6.45, 7) is 3.96. The summed E-state index contributed by atoms with van der Waals surface area (Å²) in [6, 6.07) is 8.79. The number of para-hydroxylation sites is 1. The molecule has 1 fully saturated rings. The normalized spacial score (nSPS) is 22.2. The van der Waals surface area contributed by atoms with E-state index >= 15 is 0 Å². The predicted octanol–water partition coefficient (Wildman–Crippen LogP) is 1.88. The van der Waals surface area contributed by atoms with Crippen molar-refractivity contribution in [2.24, 2.45) is 0 Å². The second-order valence-corrected chi connectivity index (χ2v) is 5.09. The molecule has 3 heteroatoms. The fraction of sp³-hybridized carbons (Fsp3) is 0.571. The molecule has 0 aliphatic carbocycles. The third kappa shape index (κ3) is 2.61. The van der Waals surface area contributed by atoms with E-state index in [9.17, 15) is 5.11 Å². The summed E-state index contributed by atoms with van der Waals surface area (Å²) in [5, 5.41) is 9.80. The van der Waals surface area contributed by atoms with Crippen LogP contribution in [0, 0.1) is 0 Å². The van der Waals surface area contributed by atoms with E-state index in [2.05, 4.69) is 30.0 Å². The molecular formula is C14H22N2O. The van der Waals surface area contributed by atoms with Crippen molar-refractivity contribution >= 4 is 5.69 Å². The molecule has 1 unspecified atom stereocenters. The summed E-state index contributed by atoms with van der Waals surface area (Å²) in [5.74, 6) is 0. The summed E-state index contributed by atoms with van der Waals surface area (Å²) < 4.78 is 0. The molecule has 1 aliphatic heterocycles. The quantitative estimate of drug-likeness (QED) is 0.865. The Morgan fingerprint density at radius 2 is 2.06 bits per heavy atom. The highest BCUT2D eigenvalue weighted by Crippen LogP contribution is 2.29. The number of aliphatic hydroxyl groups is 1. The maximum absolute atomic E-state index is 9.80. The molecule has 1 aromatic carbocycles. The van der Waals surface area contributed by atoms with Crippen LogP contribution < -0.4 is 4.90 Å². The number of nitrogens with zero attached hydrogens (tertiary/aromatic N) is 2. The second kappa shape index (κ2) is 5.07. The molecule has 0 bridgehead atoms. The topological polar surface area (TPSA) is 26.7 Å². The van der Waals surface area contributed by atoms with Crippen molar-refractivity contribution in [1.82, 2.24) is 4.90 Å². The molecule has 0 aromatic heterocycles. The number of benzene rings is 1. The van der Waals surface area contributed by atoms with Crippen LogP contribution >= 0.6 is 0 Å². The van der Waals surface area contributed by atoms with Gasteiger partial charge in [-0.1, -0.05) is 18.2 Å². The van der Waals surface area contributed by atoms with Gasteiger partial charge in [-0.3, -0.25) is 0 Å². The van der Waals surface area contributed by atoms with Crippen LogP contribution in [0.2, 0.25) is 0 Å². The lowest BCUT2D eigenvalue weighted by Crippen LogP contribution is -2.31. The van der Waals surface area contributed by atoms with Crippen LogP contribution in [0.15, 0.2) is 24.3 Å². The number of hydrogen-bond acceptors (Lipinski definition) is 3. The molecule has 1 saturated heterocycles. The molecule has 1 aliphatic rings. The van der Waals surface area contributed by atoms with Crippen molar-refractivity contribution in [3.05, 3.63) is 29.8 Å². The highest BCUT2D eigenvalue weighted by Gasteiger charge is 2.25. The van der Waals surface area contributed by atoms with E-state index < -0.39 is 6.10 Å². The van der Waals surface area contributed by atoms with Crippen LogP contribution in [0.5, 0.6) is 0 Å². The van der Waals surface area contributed by atoms with Crippen LogP contribution in [-0.4, -0.2) is 43.2 Å². The van der Waals surface area contributed by atoms with Gasteiger partial charge in [-0.2, -0.15) is 0 Å². The average molecular weight is 234 g/mol. The van der Waals surface area contributed by atoms with Gasteiger partial charge < -0.3 is 14.9 Å². The summed E-state index contributed by atoms with van der Waals surface area (Å²) in [6.07, 6.45) is 0.797. The number of likely N-dealkylation sites (N-methyl/N-ethyl adjacent to an activating group) is 1. The summed E-state index contributed by atoms with van der Waals surface area (Å²) in [7, 11) is 4.27. The van der Waals surface area contributed by atoms with Crippen molar-refractivity contribution in [3.8, 4) is 0 Å². The van der Waals surface area contributed by atoms with Gasteiger partial charge in [0.25, 0.3) is 0 Å². The zero-order valence-electron chi connectivity index (χ0n) is 10.9. The molecule has 17 heavy (non-hydrogen) atoms. The summed E-state index contributed by atoms with van der Waals surface area (Å²) >= 11 is 0. The lowest BCUT2D eigenvalue weighted by Gasteiger charge is -2.24. The van der Waals surface area contributed by atoms with E-state index in [0.29, 0.717) is 6.04 Å². The molecule has 94 valence electrons. The maximum Gasteiger partial charge on any atom is 0.0781 e. The maximum atomic E-state index is 9.80. The van der Waals surface area contributed by atoms with Gasteiger partial charge in [0.2, 0.25) is 0 Å². The summed E-state index contributed by atoms with van der Waals surface area (Å²) in [4.78, 5) is 4.66. The Morgan fingerprint density at radius 3 is 2.65 bits per heavy atom. The Labute approximate surface area is 104 Å². The van der Waals surface area contributed by atoms with Crippen molar-refractivity contribution in [1.29, 1.82) is 0 Å². The Balaban J connectivity index is 2.18. The zero-order valence-corrected chi connectivity index (χ0v) is 10.9. The lowest BCUT2D eigenvalue weighted by atomic mass is 10.1. The van der Waals surface area contributed by atoms with Crippen LogP contribution in [0.4, 0.5) is 5.69 Å². The first kappa shape index (κ1) is 12.4. The standard InChI is InChI=1S/C14H22N2O/c1-11(17)13-6-4-5-7-14(13)16-9-8-12(10-16)15(2)3/h4-7,11-12,17H,8-10H2,1-3H3/t11-,12?/m0/s1. The van der Waals surface area contributed by atoms with Gasteiger partial charge in [-0.05, 0) is 33.5 Å². The van der Waals surface area contributed by atoms with Gasteiger partial charge in [0, 0.05) is 30.4 Å². The van der Waals surface area contributed by atoms with Crippen LogP contribution in [0.1, 0.15) is 25.0 Å². The molecule has 2 atom stereocenters. The SMILES string of the molecule is C[C@H](O)c1ccccc1N1CCC(N(C)C)C1. The first-order chi connectivity index (χ1) is 8.09. The van der Waals surface area contributed by atoms with E-state index in [-0.39, 0.29) is 0 Å². The first-order valence-corrected chi connectivity index (χ1v) is 6.28. The van der Waals surface area contributed by atoms with E-state index in [1.165, 1.54) is 12.1 Å². The lowest BCUT2D eigenvalue weighted by molar-refractivity contribution is 0.199. The Morgan fingerprint density at radius 1 is 1.35 bits per heavy atom. The fourth-order valence-electron chi connectivity index (χ4n) is 2.51. The fourth-order valence-corrected chi connectivity index (χ4v) is 2.51. The van der Waals surface area contributed by atoms with Crippen LogP contribution in [0.25, 0.3) is 0 Å². The largest absolute Gasteiger partial charge is 0.389 e. The molecule has 1 N–H and O–H groups in total. The predicted molar refractivity (Wildman–Crippen MR) is 71.4 cm³/mol. The molecule has 0 amide bonds. The molecular weight excluding hydrogens is 212 g/mol. The minimum absolute atomic E-state index is 0.399. The molecule has 0 radical (unpaired) electrons. The number of anilines is 1. The molecule has 3 nitrogen and oxygen atoms in total. The van der Waals surface area contributed by atoms with Gasteiger partial charge in [-0.25, -0.2) is 0 Å². The zero-order chi connectivity index (χ0) is 12.4. The van der Waals surface area contributed by atoms with Crippen molar-refractivity contribution in [2.75, 3.05) is 32.1 Å². The Bertz CT molecular complexity index is 376. The van der Waals surface area contributed by atoms with E-state index in [4.69, 9.17) is 0 Å². The average Bonchev–Trinajstić information content (AvgIpc) is 2.78. The summed E-state index contributed by atoms with van der Waals surface area (Å²) in [5.41, 5.74) is 2.22. The van der Waals surface area contributed by atoms with Crippen LogP contribution in [0.3, 0.4) is 0 Å². The highest BCUT2D eigenvalue weighted by molar-refractivity contribution is 5.55. The molecule has 1 aromatic rings. The van der Waals surface area contributed by atoms with Crippen LogP contribution in [-0.2, 0) is 0 Å². The monoisotopic (exact) mass is 234 g/mol. The molecule has 1 heterocycles. The van der Waals surface area contributed by atoms with E-state index in [1.807, 2.05) is 25.1 Å². The van der Waals surface area contributed by atoms with Gasteiger partial charge in [0.05, 0.1) is 6.10 Å². The van der Waals surface area contributed by atoms with Gasteiger partial charge in [-0.15, -0.1) is 0 Å². The van der Waals surface area contributed by atoms with Gasteiger partial charge >= 0.3 is 0 Å². The van der Waals surface area contributed by atoms with Crippen molar-refractivity contribution in [3.63, 3.8) is 0 Å².